The maximum absolute atomic E-state index is 12.1. The number of unbranched alkanes of at least 4 members (excludes halogenated alkanes) is 2. The maximum atomic E-state index is 12.1. The topological polar surface area (TPSA) is 43.4 Å². The second-order valence-electron chi connectivity index (χ2n) is 6.05. The summed E-state index contributed by atoms with van der Waals surface area (Å²) in [5, 5.41) is 0. The predicted molar refractivity (Wildman–Crippen MR) is 82.7 cm³/mol. The third-order valence-electron chi connectivity index (χ3n) is 4.55. The molecule has 0 unspecified atom stereocenters. The number of carbonyl (C=O) groups excluding carboxylic acids is 2. The van der Waals surface area contributed by atoms with E-state index in [0.717, 1.165) is 75.4 Å². The highest BCUT2D eigenvalue weighted by Crippen LogP contribution is 2.35. The van der Waals surface area contributed by atoms with Crippen LogP contribution in [0.5, 0.6) is 0 Å². The molecule has 3 nitrogen and oxygen atoms in total. The number of hydrogen-bond donors (Lipinski definition) is 0. The van der Waals surface area contributed by atoms with Crippen molar-refractivity contribution < 1.29 is 14.3 Å². The van der Waals surface area contributed by atoms with Crippen LogP contribution >= 0.6 is 0 Å². The summed E-state index contributed by atoms with van der Waals surface area (Å²) >= 11 is 0. The molecule has 2 rings (SSSR count). The van der Waals surface area contributed by atoms with Crippen molar-refractivity contribution in [3.8, 4) is 0 Å². The maximum Gasteiger partial charge on any atom is 0.341 e. The number of rotatable bonds is 8. The van der Waals surface area contributed by atoms with Gasteiger partial charge >= 0.3 is 11.9 Å². The Morgan fingerprint density at radius 2 is 1.24 bits per heavy atom. The molecule has 0 fully saturated rings. The Bertz CT molecular complexity index is 439. The van der Waals surface area contributed by atoms with Gasteiger partial charge in [-0.05, 0) is 51.4 Å². The van der Waals surface area contributed by atoms with E-state index in [1.165, 1.54) is 11.1 Å². The molecule has 21 heavy (non-hydrogen) atoms. The van der Waals surface area contributed by atoms with Gasteiger partial charge in [-0.1, -0.05) is 37.8 Å². The van der Waals surface area contributed by atoms with E-state index in [9.17, 15) is 9.59 Å². The molecule has 0 bridgehead atoms. The zero-order valence-electron chi connectivity index (χ0n) is 13.3. The van der Waals surface area contributed by atoms with Gasteiger partial charge in [0, 0.05) is 11.1 Å². The van der Waals surface area contributed by atoms with Crippen molar-refractivity contribution in [2.24, 2.45) is 0 Å². The fourth-order valence-electron chi connectivity index (χ4n) is 2.89. The van der Waals surface area contributed by atoms with Crippen LogP contribution in [0.25, 0.3) is 0 Å². The smallest absolute Gasteiger partial charge is 0.341 e. The van der Waals surface area contributed by atoms with Crippen molar-refractivity contribution in [1.29, 1.82) is 0 Å². The molecule has 0 aromatic rings. The molecule has 0 atom stereocenters. The number of carbonyl (C=O) groups is 2. The monoisotopic (exact) mass is 290 g/mol. The fourth-order valence-corrected chi connectivity index (χ4v) is 2.89. The lowest BCUT2D eigenvalue weighted by Gasteiger charge is -2.24. The number of ether oxygens (including phenoxy) is 1. The van der Waals surface area contributed by atoms with Gasteiger partial charge in [0.05, 0.1) is 0 Å². The third kappa shape index (κ3) is 3.84. The van der Waals surface area contributed by atoms with Gasteiger partial charge in [0.2, 0.25) is 0 Å². The molecule has 0 heterocycles. The molecule has 116 valence electrons. The summed E-state index contributed by atoms with van der Waals surface area (Å²) in [5.74, 6) is -0.793. The molecule has 0 N–H and O–H groups in total. The molecular weight excluding hydrogens is 264 g/mol. The average Bonchev–Trinajstić information content (AvgIpc) is 2.36. The zero-order chi connectivity index (χ0) is 15.2. The van der Waals surface area contributed by atoms with E-state index < -0.39 is 11.9 Å². The van der Waals surface area contributed by atoms with Gasteiger partial charge in [-0.25, -0.2) is 9.59 Å². The van der Waals surface area contributed by atoms with Gasteiger partial charge in [0.1, 0.15) is 0 Å². The summed E-state index contributed by atoms with van der Waals surface area (Å²) in [4.78, 5) is 24.1. The van der Waals surface area contributed by atoms with E-state index in [4.69, 9.17) is 4.74 Å². The van der Waals surface area contributed by atoms with Gasteiger partial charge in [-0.2, -0.15) is 0 Å². The molecular formula is C18H26O3. The van der Waals surface area contributed by atoms with E-state index in [0.29, 0.717) is 0 Å². The second kappa shape index (κ2) is 7.58. The molecule has 2 aliphatic rings. The molecule has 2 aliphatic carbocycles. The van der Waals surface area contributed by atoms with Crippen LogP contribution in [0.1, 0.15) is 78.1 Å². The SMILES string of the molecule is CCCCC1=C(C(=O)OC(=O)C2=C(CCCC)CC2)CC1. The lowest BCUT2D eigenvalue weighted by atomic mass is 9.84. The Balaban J connectivity index is 1.90. The lowest BCUT2D eigenvalue weighted by Crippen LogP contribution is -2.24. The van der Waals surface area contributed by atoms with Crippen LogP contribution in [0.4, 0.5) is 0 Å². The van der Waals surface area contributed by atoms with Crippen LogP contribution in [-0.4, -0.2) is 11.9 Å². The van der Waals surface area contributed by atoms with E-state index in [-0.39, 0.29) is 0 Å². The highest BCUT2D eigenvalue weighted by atomic mass is 16.6. The summed E-state index contributed by atoms with van der Waals surface area (Å²) in [6, 6.07) is 0. The molecule has 0 saturated heterocycles. The standard InChI is InChI=1S/C18H26O3/c1-3-5-7-13-9-11-15(13)17(19)21-18(20)16-12-10-14(16)8-6-4-2/h3-12H2,1-2H3. The Morgan fingerprint density at radius 3 is 1.52 bits per heavy atom. The normalized spacial score (nSPS) is 17.4. The number of esters is 2. The molecule has 0 aliphatic heterocycles. The fraction of sp³-hybridized carbons (Fsp3) is 0.667. The van der Waals surface area contributed by atoms with E-state index in [2.05, 4.69) is 13.8 Å². The van der Waals surface area contributed by atoms with Crippen molar-refractivity contribution in [2.75, 3.05) is 0 Å². The van der Waals surface area contributed by atoms with Crippen molar-refractivity contribution in [3.63, 3.8) is 0 Å². The van der Waals surface area contributed by atoms with Crippen LogP contribution in [0, 0.1) is 0 Å². The van der Waals surface area contributed by atoms with Crippen LogP contribution in [0.15, 0.2) is 22.3 Å². The first-order chi connectivity index (χ1) is 10.2. The van der Waals surface area contributed by atoms with Crippen LogP contribution in [-0.2, 0) is 14.3 Å². The third-order valence-corrected chi connectivity index (χ3v) is 4.55. The second-order valence-corrected chi connectivity index (χ2v) is 6.05. The Labute approximate surface area is 127 Å². The van der Waals surface area contributed by atoms with Gasteiger partial charge in [0.15, 0.2) is 0 Å². The zero-order valence-corrected chi connectivity index (χ0v) is 13.3. The summed E-state index contributed by atoms with van der Waals surface area (Å²) in [6.07, 6.45) is 9.92. The van der Waals surface area contributed by atoms with Crippen LogP contribution in [0.3, 0.4) is 0 Å². The largest absolute Gasteiger partial charge is 0.386 e. The summed E-state index contributed by atoms with van der Waals surface area (Å²) in [7, 11) is 0. The Morgan fingerprint density at radius 1 is 0.810 bits per heavy atom. The molecule has 0 aromatic carbocycles. The average molecular weight is 290 g/mol. The Hall–Kier alpha value is -1.38. The minimum absolute atomic E-state index is 0.397. The first-order valence-corrected chi connectivity index (χ1v) is 8.35. The molecule has 0 saturated carbocycles. The lowest BCUT2D eigenvalue weighted by molar-refractivity contribution is -0.154. The molecule has 3 heteroatoms. The molecule has 0 aromatic heterocycles. The molecule has 0 radical (unpaired) electrons. The minimum Gasteiger partial charge on any atom is -0.386 e. The van der Waals surface area contributed by atoms with E-state index >= 15 is 0 Å². The number of allylic oxidation sites excluding steroid dienone is 2. The summed E-state index contributed by atoms with van der Waals surface area (Å²) in [5.41, 5.74) is 3.91. The quantitative estimate of drug-likeness (QED) is 0.484. The molecule has 0 spiro atoms. The van der Waals surface area contributed by atoms with Gasteiger partial charge in [0.25, 0.3) is 0 Å². The van der Waals surface area contributed by atoms with Crippen LogP contribution in [0.2, 0.25) is 0 Å². The molecule has 0 amide bonds. The van der Waals surface area contributed by atoms with E-state index in [1.54, 1.807) is 0 Å². The summed E-state index contributed by atoms with van der Waals surface area (Å²) in [6.45, 7) is 4.28. The highest BCUT2D eigenvalue weighted by Gasteiger charge is 2.30. The number of hydrogen-bond acceptors (Lipinski definition) is 3. The van der Waals surface area contributed by atoms with Crippen molar-refractivity contribution in [3.05, 3.63) is 22.3 Å². The van der Waals surface area contributed by atoms with Crippen molar-refractivity contribution >= 4 is 11.9 Å². The van der Waals surface area contributed by atoms with Gasteiger partial charge < -0.3 is 4.74 Å². The van der Waals surface area contributed by atoms with Crippen molar-refractivity contribution in [1.82, 2.24) is 0 Å². The van der Waals surface area contributed by atoms with Crippen molar-refractivity contribution in [2.45, 2.75) is 78.1 Å². The van der Waals surface area contributed by atoms with Gasteiger partial charge in [-0.3, -0.25) is 0 Å². The predicted octanol–water partition coefficient (Wildman–Crippen LogP) is 4.62. The summed E-state index contributed by atoms with van der Waals surface area (Å²) < 4.78 is 5.09. The van der Waals surface area contributed by atoms with Crippen LogP contribution < -0.4 is 0 Å². The van der Waals surface area contributed by atoms with Gasteiger partial charge in [-0.15, -0.1) is 0 Å². The first kappa shape index (κ1) is 16.0. The first-order valence-electron chi connectivity index (χ1n) is 8.35. The van der Waals surface area contributed by atoms with E-state index in [1.807, 2.05) is 0 Å². The minimum atomic E-state index is -0.397. The highest BCUT2D eigenvalue weighted by molar-refractivity contribution is 6.03. The Kier molecular flexibility index (Phi) is 5.77.